The van der Waals surface area contributed by atoms with Crippen LogP contribution in [0.15, 0.2) is 46.5 Å². The van der Waals surface area contributed by atoms with Crippen LogP contribution in [-0.2, 0) is 11.3 Å². The van der Waals surface area contributed by atoms with Gasteiger partial charge in [0.1, 0.15) is 5.82 Å². The molecular weight excluding hydrogens is 400 g/mol. The molecule has 0 aliphatic heterocycles. The molecule has 3 rings (SSSR count). The van der Waals surface area contributed by atoms with Gasteiger partial charge < -0.3 is 9.88 Å². The second kappa shape index (κ2) is 8.67. The summed E-state index contributed by atoms with van der Waals surface area (Å²) in [4.78, 5) is 12.2. The number of hydrogen-bond donors (Lipinski definition) is 1. The number of anilines is 1. The van der Waals surface area contributed by atoms with Crippen LogP contribution in [0.2, 0.25) is 0 Å². The number of aromatic nitrogens is 3. The van der Waals surface area contributed by atoms with E-state index < -0.39 is 0 Å². The predicted octanol–water partition coefficient (Wildman–Crippen LogP) is 4.62. The minimum Gasteiger partial charge on any atom is -0.325 e. The van der Waals surface area contributed by atoms with Crippen molar-refractivity contribution in [1.82, 2.24) is 14.8 Å². The van der Waals surface area contributed by atoms with Gasteiger partial charge in [0.15, 0.2) is 5.16 Å². The van der Waals surface area contributed by atoms with E-state index in [-0.39, 0.29) is 5.91 Å². The van der Waals surface area contributed by atoms with Gasteiger partial charge in [-0.3, -0.25) is 4.79 Å². The number of hydrogen-bond acceptors (Lipinski definition) is 4. The predicted molar refractivity (Wildman–Crippen MR) is 105 cm³/mol. The lowest BCUT2D eigenvalue weighted by Crippen LogP contribution is -2.15. The maximum atomic E-state index is 12.2. The summed E-state index contributed by atoms with van der Waals surface area (Å²) >= 11 is 4.80. The second-order valence-corrected chi connectivity index (χ2v) is 7.92. The molecule has 5 nitrogen and oxygen atoms in total. The highest BCUT2D eigenvalue weighted by Gasteiger charge is 2.24. The Morgan fingerprint density at radius 3 is 2.72 bits per heavy atom. The van der Waals surface area contributed by atoms with Crippen LogP contribution in [0.5, 0.6) is 0 Å². The van der Waals surface area contributed by atoms with Gasteiger partial charge in [0.25, 0.3) is 0 Å². The molecule has 1 fully saturated rings. The van der Waals surface area contributed by atoms with E-state index in [1.807, 2.05) is 30.3 Å². The summed E-state index contributed by atoms with van der Waals surface area (Å²) in [7, 11) is 0. The van der Waals surface area contributed by atoms with E-state index >= 15 is 0 Å². The first kappa shape index (κ1) is 18.2. The molecule has 0 radical (unpaired) electrons. The van der Waals surface area contributed by atoms with Crippen LogP contribution in [0.25, 0.3) is 0 Å². The van der Waals surface area contributed by atoms with Gasteiger partial charge in [0.2, 0.25) is 5.91 Å². The Bertz CT molecular complexity index is 738. The Morgan fingerprint density at radius 1 is 1.32 bits per heavy atom. The molecule has 0 saturated heterocycles. The van der Waals surface area contributed by atoms with Crippen LogP contribution in [-0.4, -0.2) is 26.4 Å². The third-order valence-electron chi connectivity index (χ3n) is 4.24. The fourth-order valence-corrected chi connectivity index (χ4v) is 4.07. The summed E-state index contributed by atoms with van der Waals surface area (Å²) in [5.41, 5.74) is 0.785. The normalized spacial score (nSPS) is 14.6. The van der Waals surface area contributed by atoms with Crippen molar-refractivity contribution in [1.29, 1.82) is 0 Å². The largest absolute Gasteiger partial charge is 0.325 e. The average Bonchev–Trinajstić information content (AvgIpc) is 3.25. The fourth-order valence-electron chi connectivity index (χ4n) is 3.05. The molecule has 132 valence electrons. The highest BCUT2D eigenvalue weighted by atomic mass is 79.9. The van der Waals surface area contributed by atoms with E-state index in [4.69, 9.17) is 0 Å². The Balaban J connectivity index is 1.62. The zero-order valence-corrected chi connectivity index (χ0v) is 16.4. The molecule has 1 heterocycles. The minimum absolute atomic E-state index is 0.0529. The summed E-state index contributed by atoms with van der Waals surface area (Å²) in [6, 6.07) is 7.53. The maximum absolute atomic E-state index is 12.2. The van der Waals surface area contributed by atoms with Gasteiger partial charge in [-0.05, 0) is 37.1 Å². The summed E-state index contributed by atoms with van der Waals surface area (Å²) in [6.07, 6.45) is 6.70. The smallest absolute Gasteiger partial charge is 0.234 e. The van der Waals surface area contributed by atoms with Crippen molar-refractivity contribution in [3.05, 3.63) is 47.2 Å². The molecule has 0 atom stereocenters. The van der Waals surface area contributed by atoms with E-state index in [0.29, 0.717) is 18.2 Å². The van der Waals surface area contributed by atoms with Crippen LogP contribution in [0.1, 0.15) is 37.4 Å². The lowest BCUT2D eigenvalue weighted by molar-refractivity contribution is -0.113. The first-order valence-corrected chi connectivity index (χ1v) is 10.2. The molecule has 1 amide bonds. The van der Waals surface area contributed by atoms with Crippen molar-refractivity contribution in [2.45, 2.75) is 43.3 Å². The van der Waals surface area contributed by atoms with Crippen molar-refractivity contribution in [3.63, 3.8) is 0 Å². The van der Waals surface area contributed by atoms with Crippen LogP contribution in [0, 0.1) is 0 Å². The van der Waals surface area contributed by atoms with Gasteiger partial charge in [-0.15, -0.1) is 16.8 Å². The molecule has 1 aromatic heterocycles. The van der Waals surface area contributed by atoms with Crippen molar-refractivity contribution in [2.75, 3.05) is 11.1 Å². The third-order valence-corrected chi connectivity index (χ3v) is 5.73. The van der Waals surface area contributed by atoms with Gasteiger partial charge in [-0.25, -0.2) is 0 Å². The summed E-state index contributed by atoms with van der Waals surface area (Å²) < 4.78 is 3.08. The molecule has 0 unspecified atom stereocenters. The summed E-state index contributed by atoms with van der Waals surface area (Å²) in [6.45, 7) is 4.51. The molecule has 1 aliphatic carbocycles. The highest BCUT2D eigenvalue weighted by molar-refractivity contribution is 9.10. The topological polar surface area (TPSA) is 59.8 Å². The Labute approximate surface area is 160 Å². The number of nitrogens with zero attached hydrogens (tertiary/aromatic N) is 3. The van der Waals surface area contributed by atoms with E-state index in [2.05, 4.69) is 42.6 Å². The number of halogens is 1. The second-order valence-electron chi connectivity index (χ2n) is 6.07. The van der Waals surface area contributed by atoms with Crippen molar-refractivity contribution in [2.24, 2.45) is 0 Å². The quantitative estimate of drug-likeness (QED) is 0.524. The zero-order valence-electron chi connectivity index (χ0n) is 13.9. The lowest BCUT2D eigenvalue weighted by atomic mass is 10.1. The van der Waals surface area contributed by atoms with Crippen LogP contribution < -0.4 is 5.32 Å². The maximum Gasteiger partial charge on any atom is 0.234 e. The number of carbonyl (C=O) groups is 1. The molecule has 2 aromatic rings. The average molecular weight is 421 g/mol. The first-order valence-electron chi connectivity index (χ1n) is 8.39. The Kier molecular flexibility index (Phi) is 6.31. The Hall–Kier alpha value is -1.60. The Morgan fingerprint density at radius 2 is 2.04 bits per heavy atom. The first-order chi connectivity index (χ1) is 12.2. The zero-order chi connectivity index (χ0) is 17.6. The highest BCUT2D eigenvalue weighted by Crippen LogP contribution is 2.34. The minimum atomic E-state index is -0.0529. The van der Waals surface area contributed by atoms with Crippen LogP contribution in [0.3, 0.4) is 0 Å². The molecule has 1 aliphatic rings. The molecule has 7 heteroatoms. The van der Waals surface area contributed by atoms with Gasteiger partial charge in [-0.2, -0.15) is 0 Å². The summed E-state index contributed by atoms with van der Waals surface area (Å²) in [5.74, 6) is 1.77. The molecule has 1 aromatic carbocycles. The lowest BCUT2D eigenvalue weighted by Gasteiger charge is -2.12. The van der Waals surface area contributed by atoms with Crippen molar-refractivity contribution in [3.8, 4) is 0 Å². The van der Waals surface area contributed by atoms with Crippen molar-refractivity contribution >= 4 is 39.3 Å². The molecule has 25 heavy (non-hydrogen) atoms. The van der Waals surface area contributed by atoms with Gasteiger partial charge in [-0.1, -0.05) is 46.6 Å². The van der Waals surface area contributed by atoms with E-state index in [9.17, 15) is 4.79 Å². The molecule has 0 spiro atoms. The monoisotopic (exact) mass is 420 g/mol. The standard InChI is InChI=1S/C18H21BrN4OS/c1-2-11-23-17(13-5-3-4-6-13)21-22-18(23)25-12-16(24)20-15-9-7-14(19)8-10-15/h2,7-10,13H,1,3-6,11-12H2,(H,20,24). The van der Waals surface area contributed by atoms with Crippen LogP contribution >= 0.6 is 27.7 Å². The summed E-state index contributed by atoms with van der Waals surface area (Å²) in [5, 5.41) is 12.4. The SMILES string of the molecule is C=CCn1c(SCC(=O)Nc2ccc(Br)cc2)nnc1C1CCCC1. The number of thioether (sulfide) groups is 1. The molecular formula is C18H21BrN4OS. The van der Waals surface area contributed by atoms with E-state index in [1.54, 1.807) is 0 Å². The van der Waals surface area contributed by atoms with E-state index in [0.717, 1.165) is 21.1 Å². The number of rotatable bonds is 7. The number of carbonyl (C=O) groups excluding carboxylic acids is 1. The molecule has 0 bridgehead atoms. The van der Waals surface area contributed by atoms with Gasteiger partial charge in [0, 0.05) is 22.6 Å². The number of nitrogens with one attached hydrogen (secondary N) is 1. The van der Waals surface area contributed by atoms with Gasteiger partial charge in [0.05, 0.1) is 5.75 Å². The third kappa shape index (κ3) is 4.73. The van der Waals surface area contributed by atoms with E-state index in [1.165, 1.54) is 37.4 Å². The van der Waals surface area contributed by atoms with Crippen LogP contribution in [0.4, 0.5) is 5.69 Å². The number of allylic oxidation sites excluding steroid dienone is 1. The van der Waals surface area contributed by atoms with Gasteiger partial charge >= 0.3 is 0 Å². The van der Waals surface area contributed by atoms with Crippen molar-refractivity contribution < 1.29 is 4.79 Å². The molecule has 1 saturated carbocycles. The number of benzene rings is 1. The fraction of sp³-hybridized carbons (Fsp3) is 0.389. The number of amides is 1. The molecule has 1 N–H and O–H groups in total.